The fraction of sp³-hybridized carbons (Fsp3) is 0.273. The average molecular weight is 442 g/mol. The number of hydrogen-bond donors (Lipinski definition) is 1. The highest BCUT2D eigenvalue weighted by atomic mass is 19.4. The Morgan fingerprint density at radius 1 is 1.12 bits per heavy atom. The fourth-order valence-electron chi connectivity index (χ4n) is 3.35. The van der Waals surface area contributed by atoms with Crippen molar-refractivity contribution in [1.82, 2.24) is 29.7 Å². The van der Waals surface area contributed by atoms with Crippen molar-refractivity contribution in [3.63, 3.8) is 0 Å². The Labute approximate surface area is 181 Å². The Bertz CT molecular complexity index is 1270. The Morgan fingerprint density at radius 2 is 1.84 bits per heavy atom. The summed E-state index contributed by atoms with van der Waals surface area (Å²) in [6.07, 6.45) is -1.99. The smallest absolute Gasteiger partial charge is 0.346 e. The van der Waals surface area contributed by atoms with E-state index in [0.29, 0.717) is 10.1 Å². The molecule has 0 radical (unpaired) electrons. The van der Waals surface area contributed by atoms with Gasteiger partial charge in [0.15, 0.2) is 11.3 Å². The second kappa shape index (κ2) is 8.10. The van der Waals surface area contributed by atoms with Gasteiger partial charge in [-0.25, -0.2) is 9.50 Å². The van der Waals surface area contributed by atoms with Gasteiger partial charge in [0, 0.05) is 18.8 Å². The van der Waals surface area contributed by atoms with Crippen LogP contribution in [0, 0.1) is 0 Å². The van der Waals surface area contributed by atoms with Crippen LogP contribution in [0.25, 0.3) is 16.9 Å². The number of hydrogen-bond acceptors (Lipinski definition) is 4. The molecule has 0 unspecified atom stereocenters. The number of rotatable bonds is 5. The van der Waals surface area contributed by atoms with Crippen molar-refractivity contribution in [1.29, 1.82) is 0 Å². The van der Waals surface area contributed by atoms with Gasteiger partial charge in [-0.1, -0.05) is 38.1 Å². The fourth-order valence-corrected chi connectivity index (χ4v) is 3.35. The lowest BCUT2D eigenvalue weighted by molar-refractivity contribution is -0.142. The summed E-state index contributed by atoms with van der Waals surface area (Å²) in [5.41, 5.74) is 1.22. The first-order valence-electron chi connectivity index (χ1n) is 9.96. The van der Waals surface area contributed by atoms with Crippen molar-refractivity contribution in [2.45, 2.75) is 32.5 Å². The summed E-state index contributed by atoms with van der Waals surface area (Å²) >= 11 is 0. The Balaban J connectivity index is 1.76. The highest BCUT2D eigenvalue weighted by Crippen LogP contribution is 2.33. The van der Waals surface area contributed by atoms with Crippen LogP contribution in [0.4, 0.5) is 13.2 Å². The van der Waals surface area contributed by atoms with Gasteiger partial charge in [-0.2, -0.15) is 23.4 Å². The highest BCUT2D eigenvalue weighted by molar-refractivity contribution is 5.99. The van der Waals surface area contributed by atoms with Crippen LogP contribution in [0.1, 0.15) is 47.1 Å². The number of nitrogens with zero attached hydrogens (tertiary/aromatic N) is 5. The van der Waals surface area contributed by atoms with Crippen LogP contribution in [0.2, 0.25) is 0 Å². The molecule has 0 bridgehead atoms. The molecular weight excluding hydrogens is 421 g/mol. The Morgan fingerprint density at radius 3 is 2.44 bits per heavy atom. The zero-order chi connectivity index (χ0) is 23.0. The van der Waals surface area contributed by atoms with E-state index in [1.165, 1.54) is 0 Å². The second-order valence-electron chi connectivity index (χ2n) is 7.72. The third-order valence-electron chi connectivity index (χ3n) is 5.23. The van der Waals surface area contributed by atoms with Gasteiger partial charge in [-0.15, -0.1) is 0 Å². The van der Waals surface area contributed by atoms with Gasteiger partial charge in [0.05, 0.1) is 24.1 Å². The standard InChI is InChI=1S/C22H21F3N6O/c1-13(2)14-4-6-15(7-5-14)18-10-19(22(23,24)25)31-20(29-18)17(12-28-31)21(32)26-11-16-8-9-27-30(16)3/h4-10,12-13H,11H2,1-3H3,(H,26,32). The maximum atomic E-state index is 13.8. The molecule has 0 saturated carbocycles. The molecule has 3 aromatic heterocycles. The molecule has 4 aromatic rings. The summed E-state index contributed by atoms with van der Waals surface area (Å²) in [5.74, 6) is -0.288. The highest BCUT2D eigenvalue weighted by Gasteiger charge is 2.36. The van der Waals surface area contributed by atoms with Gasteiger partial charge in [-0.05, 0) is 23.6 Å². The van der Waals surface area contributed by atoms with Gasteiger partial charge in [0.1, 0.15) is 5.56 Å². The molecule has 0 aliphatic carbocycles. The zero-order valence-electron chi connectivity index (χ0n) is 17.7. The second-order valence-corrected chi connectivity index (χ2v) is 7.72. The summed E-state index contributed by atoms with van der Waals surface area (Å²) in [6.45, 7) is 4.22. The molecule has 1 amide bonds. The first kappa shape index (κ1) is 21.5. The third-order valence-corrected chi connectivity index (χ3v) is 5.23. The van der Waals surface area contributed by atoms with Crippen LogP contribution >= 0.6 is 0 Å². The SMILES string of the molecule is CC(C)c1ccc(-c2cc(C(F)(F)F)n3ncc(C(=O)NCc4ccnn4C)c3n2)cc1. The molecule has 0 fully saturated rings. The molecule has 0 atom stereocenters. The molecule has 166 valence electrons. The Kier molecular flexibility index (Phi) is 5.45. The van der Waals surface area contributed by atoms with E-state index >= 15 is 0 Å². The van der Waals surface area contributed by atoms with Crippen molar-refractivity contribution in [3.05, 3.63) is 71.3 Å². The predicted octanol–water partition coefficient (Wildman–Crippen LogP) is 4.20. The number of aryl methyl sites for hydroxylation is 1. The van der Waals surface area contributed by atoms with E-state index in [0.717, 1.165) is 23.5 Å². The normalized spacial score (nSPS) is 12.0. The van der Waals surface area contributed by atoms with Gasteiger partial charge in [-0.3, -0.25) is 9.48 Å². The predicted molar refractivity (Wildman–Crippen MR) is 112 cm³/mol. The quantitative estimate of drug-likeness (QED) is 0.503. The van der Waals surface area contributed by atoms with E-state index in [1.54, 1.807) is 36.1 Å². The van der Waals surface area contributed by atoms with Gasteiger partial charge >= 0.3 is 6.18 Å². The van der Waals surface area contributed by atoms with Crippen molar-refractivity contribution < 1.29 is 18.0 Å². The number of nitrogens with one attached hydrogen (secondary N) is 1. The van der Waals surface area contributed by atoms with Crippen LogP contribution < -0.4 is 5.32 Å². The molecule has 3 heterocycles. The molecule has 10 heteroatoms. The van der Waals surface area contributed by atoms with E-state index in [9.17, 15) is 18.0 Å². The van der Waals surface area contributed by atoms with Crippen LogP contribution in [-0.2, 0) is 19.8 Å². The minimum atomic E-state index is -4.68. The maximum Gasteiger partial charge on any atom is 0.433 e. The first-order chi connectivity index (χ1) is 15.1. The molecule has 0 aliphatic heterocycles. The number of carbonyl (C=O) groups excluding carboxylic acids is 1. The molecule has 1 aromatic carbocycles. The number of amides is 1. The number of aromatic nitrogens is 5. The van der Waals surface area contributed by atoms with E-state index < -0.39 is 17.8 Å². The van der Waals surface area contributed by atoms with Crippen molar-refractivity contribution >= 4 is 11.6 Å². The molecule has 0 aliphatic rings. The topological polar surface area (TPSA) is 77.1 Å². The monoisotopic (exact) mass is 442 g/mol. The molecule has 32 heavy (non-hydrogen) atoms. The van der Waals surface area contributed by atoms with Crippen LogP contribution in [-0.4, -0.2) is 30.3 Å². The van der Waals surface area contributed by atoms with E-state index in [-0.39, 0.29) is 29.4 Å². The van der Waals surface area contributed by atoms with Gasteiger partial charge < -0.3 is 5.32 Å². The summed E-state index contributed by atoms with van der Waals surface area (Å²) in [5, 5.41) is 10.5. The minimum Gasteiger partial charge on any atom is -0.346 e. The molecule has 7 nitrogen and oxygen atoms in total. The van der Waals surface area contributed by atoms with Crippen molar-refractivity contribution in [3.8, 4) is 11.3 Å². The van der Waals surface area contributed by atoms with Crippen molar-refractivity contribution in [2.75, 3.05) is 0 Å². The number of alkyl halides is 3. The molecule has 0 saturated heterocycles. The summed E-state index contributed by atoms with van der Waals surface area (Å²) in [4.78, 5) is 17.1. The van der Waals surface area contributed by atoms with E-state index in [2.05, 4.69) is 20.5 Å². The van der Waals surface area contributed by atoms with Crippen LogP contribution in [0.5, 0.6) is 0 Å². The lowest BCUT2D eigenvalue weighted by atomic mass is 10.0. The number of carbonyl (C=O) groups is 1. The number of halogens is 3. The summed E-state index contributed by atoms with van der Waals surface area (Å²) < 4.78 is 43.6. The first-order valence-corrected chi connectivity index (χ1v) is 9.96. The summed E-state index contributed by atoms with van der Waals surface area (Å²) in [7, 11) is 1.73. The van der Waals surface area contributed by atoms with E-state index in [1.807, 2.05) is 26.0 Å². The van der Waals surface area contributed by atoms with E-state index in [4.69, 9.17) is 0 Å². The number of fused-ring (bicyclic) bond motifs is 1. The van der Waals surface area contributed by atoms with Gasteiger partial charge in [0.2, 0.25) is 0 Å². The maximum absolute atomic E-state index is 13.8. The van der Waals surface area contributed by atoms with Crippen LogP contribution in [0.15, 0.2) is 48.8 Å². The number of benzene rings is 1. The van der Waals surface area contributed by atoms with Crippen LogP contribution in [0.3, 0.4) is 0 Å². The van der Waals surface area contributed by atoms with Crippen molar-refractivity contribution in [2.24, 2.45) is 7.05 Å². The Hall–Kier alpha value is -3.69. The largest absolute Gasteiger partial charge is 0.433 e. The molecule has 0 spiro atoms. The molecule has 4 rings (SSSR count). The lowest BCUT2D eigenvalue weighted by Crippen LogP contribution is -2.24. The molecule has 1 N–H and O–H groups in total. The zero-order valence-corrected chi connectivity index (χ0v) is 17.7. The third kappa shape index (κ3) is 4.08. The molecular formula is C22H21F3N6O. The average Bonchev–Trinajstić information content (AvgIpc) is 3.36. The van der Waals surface area contributed by atoms with Gasteiger partial charge in [0.25, 0.3) is 5.91 Å². The summed E-state index contributed by atoms with van der Waals surface area (Å²) in [6, 6.07) is 9.85. The minimum absolute atomic E-state index is 0.0432. The lowest BCUT2D eigenvalue weighted by Gasteiger charge is -2.12.